The van der Waals surface area contributed by atoms with E-state index in [0.29, 0.717) is 39.7 Å². The Labute approximate surface area is 156 Å². The highest BCUT2D eigenvalue weighted by Crippen LogP contribution is 2.44. The number of benzene rings is 2. The summed E-state index contributed by atoms with van der Waals surface area (Å²) < 4.78 is 38.9. The Bertz CT molecular complexity index is 1080. The number of anilines is 2. The van der Waals surface area contributed by atoms with Crippen LogP contribution in [0.3, 0.4) is 0 Å². The van der Waals surface area contributed by atoms with Gasteiger partial charge in [0, 0.05) is 5.69 Å². The molecule has 0 aliphatic rings. The SMILES string of the molecule is COc1cc2c(Nc3ccc(S(N)(=O)=O)cc3)ncnc2c(OC)c1OC. The molecule has 142 valence electrons. The highest BCUT2D eigenvalue weighted by Gasteiger charge is 2.19. The Morgan fingerprint density at radius 1 is 0.963 bits per heavy atom. The van der Waals surface area contributed by atoms with Gasteiger partial charge in [0.25, 0.3) is 0 Å². The number of nitrogens with one attached hydrogen (secondary N) is 1. The molecule has 0 aliphatic carbocycles. The topological polar surface area (TPSA) is 126 Å². The van der Waals surface area contributed by atoms with Crippen molar-refractivity contribution in [2.75, 3.05) is 26.6 Å². The molecule has 3 aromatic rings. The van der Waals surface area contributed by atoms with Gasteiger partial charge in [0.2, 0.25) is 15.8 Å². The number of methoxy groups -OCH3 is 3. The van der Waals surface area contributed by atoms with Gasteiger partial charge in [0.1, 0.15) is 17.7 Å². The fourth-order valence-corrected chi connectivity index (χ4v) is 3.14. The molecule has 1 aromatic heterocycles. The zero-order valence-electron chi connectivity index (χ0n) is 14.9. The van der Waals surface area contributed by atoms with E-state index in [-0.39, 0.29) is 4.90 Å². The standard InChI is InChI=1S/C17H18N4O5S/c1-24-13-8-12-14(16(26-3)15(13)25-2)19-9-20-17(12)21-10-4-6-11(7-5-10)27(18,22)23/h4-9H,1-3H3,(H2,18,22,23)(H,19,20,21). The molecule has 0 spiro atoms. The Hall–Kier alpha value is -3.11. The maximum atomic E-state index is 11.4. The molecule has 0 unspecified atom stereocenters. The highest BCUT2D eigenvalue weighted by molar-refractivity contribution is 7.89. The molecule has 0 bridgehead atoms. The van der Waals surface area contributed by atoms with Gasteiger partial charge in [-0.05, 0) is 30.3 Å². The van der Waals surface area contributed by atoms with Crippen LogP contribution in [0.25, 0.3) is 10.9 Å². The lowest BCUT2D eigenvalue weighted by atomic mass is 10.1. The van der Waals surface area contributed by atoms with Crippen LogP contribution < -0.4 is 24.7 Å². The third-order valence-corrected chi connectivity index (χ3v) is 4.81. The molecule has 1 heterocycles. The number of hydrogen-bond acceptors (Lipinski definition) is 8. The summed E-state index contributed by atoms with van der Waals surface area (Å²) in [7, 11) is 0.792. The molecule has 2 aromatic carbocycles. The summed E-state index contributed by atoms with van der Waals surface area (Å²) in [5.74, 6) is 1.79. The van der Waals surface area contributed by atoms with Crippen LogP contribution in [0.5, 0.6) is 17.2 Å². The van der Waals surface area contributed by atoms with Crippen molar-refractivity contribution in [2.24, 2.45) is 5.14 Å². The van der Waals surface area contributed by atoms with E-state index in [4.69, 9.17) is 19.3 Å². The smallest absolute Gasteiger partial charge is 0.238 e. The van der Waals surface area contributed by atoms with E-state index in [9.17, 15) is 8.42 Å². The second kappa shape index (κ2) is 7.25. The van der Waals surface area contributed by atoms with Crippen LogP contribution in [0.15, 0.2) is 41.6 Å². The third-order valence-electron chi connectivity index (χ3n) is 3.88. The van der Waals surface area contributed by atoms with Gasteiger partial charge in [-0.2, -0.15) is 0 Å². The Morgan fingerprint density at radius 3 is 2.19 bits per heavy atom. The van der Waals surface area contributed by atoms with Crippen molar-refractivity contribution in [2.45, 2.75) is 4.90 Å². The van der Waals surface area contributed by atoms with E-state index in [1.165, 1.54) is 39.8 Å². The van der Waals surface area contributed by atoms with Gasteiger partial charge < -0.3 is 19.5 Å². The quantitative estimate of drug-likeness (QED) is 0.655. The minimum atomic E-state index is -3.75. The lowest BCUT2D eigenvalue weighted by molar-refractivity contribution is 0.327. The molecule has 0 saturated heterocycles. The maximum absolute atomic E-state index is 11.4. The molecule has 3 N–H and O–H groups in total. The number of primary sulfonamides is 1. The molecule has 27 heavy (non-hydrogen) atoms. The van der Waals surface area contributed by atoms with Crippen LogP contribution >= 0.6 is 0 Å². The second-order valence-corrected chi connectivity index (χ2v) is 7.02. The lowest BCUT2D eigenvalue weighted by Crippen LogP contribution is -2.11. The molecule has 0 radical (unpaired) electrons. The summed E-state index contributed by atoms with van der Waals surface area (Å²) in [5.41, 5.74) is 1.16. The predicted octanol–water partition coefficient (Wildman–Crippen LogP) is 2.05. The number of aromatic nitrogens is 2. The minimum absolute atomic E-state index is 0.0219. The Balaban J connectivity index is 2.10. The van der Waals surface area contributed by atoms with Crippen molar-refractivity contribution < 1.29 is 22.6 Å². The first kappa shape index (κ1) is 18.7. The summed E-state index contributed by atoms with van der Waals surface area (Å²) in [6.07, 6.45) is 1.39. The predicted molar refractivity (Wildman–Crippen MR) is 100 cm³/mol. The zero-order valence-corrected chi connectivity index (χ0v) is 15.7. The van der Waals surface area contributed by atoms with Gasteiger partial charge in [-0.25, -0.2) is 23.5 Å². The van der Waals surface area contributed by atoms with Crippen LogP contribution in [0.1, 0.15) is 0 Å². The summed E-state index contributed by atoms with van der Waals surface area (Å²) >= 11 is 0. The van der Waals surface area contributed by atoms with Gasteiger partial charge in [0.15, 0.2) is 11.5 Å². The Kier molecular flexibility index (Phi) is 5.02. The molecule has 9 nitrogen and oxygen atoms in total. The van der Waals surface area contributed by atoms with Crippen LogP contribution in [0.4, 0.5) is 11.5 Å². The van der Waals surface area contributed by atoms with E-state index in [2.05, 4.69) is 15.3 Å². The third kappa shape index (κ3) is 3.57. The average Bonchev–Trinajstić information content (AvgIpc) is 2.66. The second-order valence-electron chi connectivity index (χ2n) is 5.46. The van der Waals surface area contributed by atoms with E-state index in [1.54, 1.807) is 18.2 Å². The van der Waals surface area contributed by atoms with Crippen LogP contribution in [0.2, 0.25) is 0 Å². The fraction of sp³-hybridized carbons (Fsp3) is 0.176. The first-order valence-electron chi connectivity index (χ1n) is 7.72. The molecule has 0 atom stereocenters. The fourth-order valence-electron chi connectivity index (χ4n) is 2.63. The number of sulfonamides is 1. The summed E-state index contributed by atoms with van der Waals surface area (Å²) in [5, 5.41) is 8.88. The van der Waals surface area contributed by atoms with Crippen molar-refractivity contribution in [3.05, 3.63) is 36.7 Å². The summed E-state index contributed by atoms with van der Waals surface area (Å²) in [6.45, 7) is 0. The van der Waals surface area contributed by atoms with E-state index in [1.807, 2.05) is 0 Å². The molecule has 0 saturated carbocycles. The van der Waals surface area contributed by atoms with Gasteiger partial charge in [-0.15, -0.1) is 0 Å². The Morgan fingerprint density at radius 2 is 1.63 bits per heavy atom. The molecular formula is C17H18N4O5S. The first-order valence-corrected chi connectivity index (χ1v) is 9.27. The maximum Gasteiger partial charge on any atom is 0.238 e. The van der Waals surface area contributed by atoms with Crippen molar-refractivity contribution in [3.8, 4) is 17.2 Å². The van der Waals surface area contributed by atoms with Crippen molar-refractivity contribution in [3.63, 3.8) is 0 Å². The van der Waals surface area contributed by atoms with Crippen molar-refractivity contribution in [1.82, 2.24) is 9.97 Å². The lowest BCUT2D eigenvalue weighted by Gasteiger charge is -2.16. The zero-order chi connectivity index (χ0) is 19.6. The molecule has 0 aliphatic heterocycles. The highest BCUT2D eigenvalue weighted by atomic mass is 32.2. The summed E-state index contributed by atoms with van der Waals surface area (Å²) in [6, 6.07) is 7.73. The van der Waals surface area contributed by atoms with Crippen molar-refractivity contribution in [1.29, 1.82) is 0 Å². The van der Waals surface area contributed by atoms with Crippen LogP contribution in [-0.2, 0) is 10.0 Å². The van der Waals surface area contributed by atoms with Crippen LogP contribution in [-0.4, -0.2) is 39.7 Å². The van der Waals surface area contributed by atoms with E-state index in [0.717, 1.165) is 0 Å². The van der Waals surface area contributed by atoms with Gasteiger partial charge in [0.05, 0.1) is 31.6 Å². The largest absolute Gasteiger partial charge is 0.493 e. The van der Waals surface area contributed by atoms with E-state index >= 15 is 0 Å². The molecular weight excluding hydrogens is 372 g/mol. The first-order chi connectivity index (χ1) is 12.9. The molecule has 10 heteroatoms. The van der Waals surface area contributed by atoms with E-state index < -0.39 is 10.0 Å². The van der Waals surface area contributed by atoms with Crippen LogP contribution in [0, 0.1) is 0 Å². The van der Waals surface area contributed by atoms with Gasteiger partial charge >= 0.3 is 0 Å². The van der Waals surface area contributed by atoms with Crippen molar-refractivity contribution >= 4 is 32.4 Å². The molecule has 0 fully saturated rings. The number of nitrogens with two attached hydrogens (primary N) is 1. The molecule has 0 amide bonds. The minimum Gasteiger partial charge on any atom is -0.493 e. The molecule has 3 rings (SSSR count). The monoisotopic (exact) mass is 390 g/mol. The normalized spacial score (nSPS) is 11.3. The number of fused-ring (bicyclic) bond motifs is 1. The summed E-state index contributed by atoms with van der Waals surface area (Å²) in [4.78, 5) is 8.56. The number of rotatable bonds is 6. The number of ether oxygens (including phenoxy) is 3. The number of nitrogens with zero attached hydrogens (tertiary/aromatic N) is 2. The van der Waals surface area contributed by atoms with Gasteiger partial charge in [-0.3, -0.25) is 0 Å². The number of hydrogen-bond donors (Lipinski definition) is 2. The van der Waals surface area contributed by atoms with Gasteiger partial charge in [-0.1, -0.05) is 0 Å². The average molecular weight is 390 g/mol.